The Morgan fingerprint density at radius 1 is 1.00 bits per heavy atom. The van der Waals surface area contributed by atoms with Crippen LogP contribution in [0.1, 0.15) is 17.8 Å². The lowest BCUT2D eigenvalue weighted by Gasteiger charge is -2.13. The van der Waals surface area contributed by atoms with Gasteiger partial charge < -0.3 is 5.32 Å². The number of nitrogens with zero attached hydrogens (tertiary/aromatic N) is 5. The van der Waals surface area contributed by atoms with Crippen molar-refractivity contribution in [3.8, 4) is 22.5 Å². The Bertz CT molecular complexity index is 1640. The van der Waals surface area contributed by atoms with Crippen molar-refractivity contribution < 1.29 is 17.2 Å². The maximum atomic E-state index is 13.4. The van der Waals surface area contributed by atoms with Crippen molar-refractivity contribution in [2.75, 3.05) is 11.6 Å². The van der Waals surface area contributed by atoms with Crippen molar-refractivity contribution in [1.82, 2.24) is 24.6 Å². The van der Waals surface area contributed by atoms with Crippen molar-refractivity contribution in [3.63, 3.8) is 0 Å². The molecule has 0 atom stereocenters. The van der Waals surface area contributed by atoms with Crippen LogP contribution in [0.25, 0.3) is 28.0 Å². The Balaban J connectivity index is 1.67. The molecule has 0 saturated carbocycles. The average Bonchev–Trinajstić information content (AvgIpc) is 3.32. The van der Waals surface area contributed by atoms with Crippen LogP contribution in [0, 0.1) is 0 Å². The number of sulfone groups is 1. The number of pyridine rings is 2. The first-order chi connectivity index (χ1) is 17.3. The standard InChI is InChI=1S/C25H20F2N6O2S/c1-36(34,35)20-13-17(14-29-21(20)23(26)27)24-31-25(30-15-18-9-5-6-11-28-18)22-19(10-12-33(22)32-24)16-7-3-2-4-8-16/h2-14,23H,15H2,1H3,(H,30,31,32). The van der Waals surface area contributed by atoms with Crippen molar-refractivity contribution in [2.45, 2.75) is 17.9 Å². The van der Waals surface area contributed by atoms with Gasteiger partial charge in [0.25, 0.3) is 6.43 Å². The van der Waals surface area contributed by atoms with Crippen LogP contribution in [0.15, 0.2) is 84.1 Å². The Labute approximate surface area is 205 Å². The van der Waals surface area contributed by atoms with Gasteiger partial charge in [0.15, 0.2) is 21.5 Å². The average molecular weight is 507 g/mol. The predicted octanol–water partition coefficient (Wildman–Crippen LogP) is 4.81. The molecule has 0 spiro atoms. The van der Waals surface area contributed by atoms with Gasteiger partial charge >= 0.3 is 0 Å². The van der Waals surface area contributed by atoms with Crippen LogP contribution in [-0.4, -0.2) is 39.2 Å². The molecule has 4 heterocycles. The number of benzene rings is 1. The Morgan fingerprint density at radius 2 is 1.78 bits per heavy atom. The van der Waals surface area contributed by atoms with Crippen molar-refractivity contribution in [3.05, 3.63) is 90.6 Å². The van der Waals surface area contributed by atoms with Gasteiger partial charge in [0.05, 0.1) is 17.1 Å². The Morgan fingerprint density at radius 3 is 2.47 bits per heavy atom. The van der Waals surface area contributed by atoms with E-state index < -0.39 is 26.9 Å². The third-order valence-electron chi connectivity index (χ3n) is 5.51. The number of alkyl halides is 2. The highest BCUT2D eigenvalue weighted by Crippen LogP contribution is 2.32. The topological polar surface area (TPSA) is 102 Å². The van der Waals surface area contributed by atoms with E-state index in [4.69, 9.17) is 0 Å². The van der Waals surface area contributed by atoms with Gasteiger partial charge in [-0.25, -0.2) is 26.7 Å². The van der Waals surface area contributed by atoms with Gasteiger partial charge in [-0.05, 0) is 29.8 Å². The molecule has 5 aromatic rings. The summed E-state index contributed by atoms with van der Waals surface area (Å²) in [4.78, 5) is 12.1. The van der Waals surface area contributed by atoms with Crippen molar-refractivity contribution >= 4 is 21.2 Å². The van der Waals surface area contributed by atoms with Crippen LogP contribution in [0.2, 0.25) is 0 Å². The zero-order valence-corrected chi connectivity index (χ0v) is 19.8. The van der Waals surface area contributed by atoms with Gasteiger partial charge in [-0.2, -0.15) is 0 Å². The lowest BCUT2D eigenvalue weighted by molar-refractivity contribution is 0.142. The van der Waals surface area contributed by atoms with E-state index in [1.807, 2.05) is 54.6 Å². The molecule has 4 aromatic heterocycles. The fourth-order valence-electron chi connectivity index (χ4n) is 3.84. The molecule has 0 aliphatic heterocycles. The molecule has 0 bridgehead atoms. The van der Waals surface area contributed by atoms with E-state index in [0.717, 1.165) is 35.3 Å². The van der Waals surface area contributed by atoms with Crippen molar-refractivity contribution in [2.24, 2.45) is 0 Å². The second-order valence-electron chi connectivity index (χ2n) is 8.03. The summed E-state index contributed by atoms with van der Waals surface area (Å²) in [6.07, 6.45) is 2.42. The van der Waals surface area contributed by atoms with Crippen LogP contribution in [0.3, 0.4) is 0 Å². The lowest BCUT2D eigenvalue weighted by atomic mass is 10.1. The lowest BCUT2D eigenvalue weighted by Crippen LogP contribution is -2.09. The summed E-state index contributed by atoms with van der Waals surface area (Å²) < 4.78 is 52.8. The van der Waals surface area contributed by atoms with Gasteiger partial charge in [0.1, 0.15) is 11.2 Å². The number of hydrogen-bond donors (Lipinski definition) is 1. The molecular weight excluding hydrogens is 486 g/mol. The first-order valence-corrected chi connectivity index (χ1v) is 12.8. The first kappa shape index (κ1) is 23.5. The minimum atomic E-state index is -3.97. The predicted molar refractivity (Wildman–Crippen MR) is 131 cm³/mol. The number of anilines is 1. The quantitative estimate of drug-likeness (QED) is 0.338. The number of halogens is 2. The number of hydrogen-bond acceptors (Lipinski definition) is 7. The summed E-state index contributed by atoms with van der Waals surface area (Å²) in [6.45, 7) is 0.365. The molecule has 0 saturated heterocycles. The van der Waals surface area contributed by atoms with E-state index in [1.165, 1.54) is 0 Å². The van der Waals surface area contributed by atoms with E-state index in [0.29, 0.717) is 17.9 Å². The molecule has 36 heavy (non-hydrogen) atoms. The highest BCUT2D eigenvalue weighted by atomic mass is 32.2. The van der Waals surface area contributed by atoms with Gasteiger partial charge in [0.2, 0.25) is 0 Å². The Kier molecular flexibility index (Phi) is 6.15. The van der Waals surface area contributed by atoms with Gasteiger partial charge in [-0.15, -0.1) is 5.10 Å². The summed E-state index contributed by atoms with van der Waals surface area (Å²) in [5, 5.41) is 7.82. The SMILES string of the molecule is CS(=O)(=O)c1cc(-c2nc(NCc3ccccn3)c3c(-c4ccccc4)ccn3n2)cnc1C(F)F. The van der Waals surface area contributed by atoms with Gasteiger partial charge in [0, 0.05) is 36.0 Å². The molecule has 0 amide bonds. The van der Waals surface area contributed by atoms with E-state index in [2.05, 4.69) is 25.4 Å². The number of rotatable bonds is 7. The van der Waals surface area contributed by atoms with Gasteiger partial charge in [-0.3, -0.25) is 9.97 Å². The summed E-state index contributed by atoms with van der Waals surface area (Å²) in [6, 6.07) is 18.3. The maximum Gasteiger partial charge on any atom is 0.281 e. The molecule has 5 rings (SSSR count). The largest absolute Gasteiger partial charge is 0.363 e. The molecule has 0 unspecified atom stereocenters. The van der Waals surface area contributed by atoms with Crippen LogP contribution in [0.4, 0.5) is 14.6 Å². The highest BCUT2D eigenvalue weighted by Gasteiger charge is 2.24. The first-order valence-electron chi connectivity index (χ1n) is 10.9. The highest BCUT2D eigenvalue weighted by molar-refractivity contribution is 7.90. The summed E-state index contributed by atoms with van der Waals surface area (Å²) in [7, 11) is -3.97. The monoisotopic (exact) mass is 506 g/mol. The fraction of sp³-hybridized carbons (Fsp3) is 0.120. The molecule has 1 aromatic carbocycles. The molecule has 11 heteroatoms. The van der Waals surface area contributed by atoms with E-state index in [-0.39, 0.29) is 11.4 Å². The van der Waals surface area contributed by atoms with Crippen LogP contribution < -0.4 is 5.32 Å². The van der Waals surface area contributed by atoms with E-state index in [9.17, 15) is 17.2 Å². The van der Waals surface area contributed by atoms with Crippen LogP contribution >= 0.6 is 0 Å². The third kappa shape index (κ3) is 4.65. The number of nitrogens with one attached hydrogen (secondary N) is 1. The number of fused-ring (bicyclic) bond motifs is 1. The Hall–Kier alpha value is -4.25. The minimum Gasteiger partial charge on any atom is -0.363 e. The molecule has 182 valence electrons. The third-order valence-corrected chi connectivity index (χ3v) is 6.63. The summed E-state index contributed by atoms with van der Waals surface area (Å²) in [5.41, 5.74) is 2.71. The van der Waals surface area contributed by atoms with Crippen LogP contribution in [-0.2, 0) is 16.4 Å². The minimum absolute atomic E-state index is 0.124. The zero-order valence-electron chi connectivity index (χ0n) is 19.0. The molecule has 8 nitrogen and oxygen atoms in total. The van der Waals surface area contributed by atoms with Crippen LogP contribution in [0.5, 0.6) is 0 Å². The smallest absolute Gasteiger partial charge is 0.281 e. The summed E-state index contributed by atoms with van der Waals surface area (Å²) in [5.74, 6) is 0.591. The molecule has 0 aliphatic rings. The van der Waals surface area contributed by atoms with Gasteiger partial charge in [-0.1, -0.05) is 36.4 Å². The van der Waals surface area contributed by atoms with E-state index in [1.54, 1.807) is 16.9 Å². The fourth-order valence-corrected chi connectivity index (χ4v) is 4.70. The van der Waals surface area contributed by atoms with Crippen molar-refractivity contribution in [1.29, 1.82) is 0 Å². The second kappa shape index (κ2) is 9.42. The summed E-state index contributed by atoms with van der Waals surface area (Å²) >= 11 is 0. The normalized spacial score (nSPS) is 11.8. The molecular formula is C25H20F2N6O2S. The molecule has 0 aliphatic carbocycles. The zero-order chi connectivity index (χ0) is 25.3. The second-order valence-corrected chi connectivity index (χ2v) is 10.0. The molecule has 1 N–H and O–H groups in total. The maximum absolute atomic E-state index is 13.4. The molecule has 0 radical (unpaired) electrons. The number of aromatic nitrogens is 5. The molecule has 0 fully saturated rings. The van der Waals surface area contributed by atoms with E-state index >= 15 is 0 Å².